The molecule has 1 aliphatic rings. The molecule has 2 N–H and O–H groups in total. The number of nitrogens with one attached hydrogen (secondary N) is 2. The molecule has 21 heavy (non-hydrogen) atoms. The quantitative estimate of drug-likeness (QED) is 0.856. The van der Waals surface area contributed by atoms with E-state index in [4.69, 9.17) is 0 Å². The third-order valence-electron chi connectivity index (χ3n) is 3.77. The highest BCUT2D eigenvalue weighted by Crippen LogP contribution is 2.21. The molecule has 112 valence electrons. The molecule has 1 heterocycles. The predicted octanol–water partition coefficient (Wildman–Crippen LogP) is 2.42. The lowest BCUT2D eigenvalue weighted by atomic mass is 10.1. The van der Waals surface area contributed by atoms with Crippen LogP contribution in [0, 0.1) is 0 Å². The molecular formula is C17H23N3O. The van der Waals surface area contributed by atoms with Crippen LogP contribution in [0.3, 0.4) is 0 Å². The fourth-order valence-electron chi connectivity index (χ4n) is 2.57. The van der Waals surface area contributed by atoms with Gasteiger partial charge in [0.1, 0.15) is 6.54 Å². The molecule has 0 bridgehead atoms. The van der Waals surface area contributed by atoms with E-state index in [0.29, 0.717) is 6.54 Å². The van der Waals surface area contributed by atoms with E-state index in [-0.39, 0.29) is 11.9 Å². The van der Waals surface area contributed by atoms with Crippen molar-refractivity contribution in [1.82, 2.24) is 15.2 Å². The van der Waals surface area contributed by atoms with Crippen LogP contribution in [-0.4, -0.2) is 22.6 Å². The van der Waals surface area contributed by atoms with E-state index in [1.54, 1.807) is 0 Å². The highest BCUT2D eigenvalue weighted by atomic mass is 16.2. The van der Waals surface area contributed by atoms with E-state index in [0.717, 1.165) is 18.1 Å². The molecule has 2 aromatic rings. The number of rotatable bonds is 6. The van der Waals surface area contributed by atoms with Crippen molar-refractivity contribution in [2.75, 3.05) is 0 Å². The van der Waals surface area contributed by atoms with Gasteiger partial charge in [-0.25, -0.2) is 0 Å². The summed E-state index contributed by atoms with van der Waals surface area (Å²) in [7, 11) is 0. The zero-order valence-corrected chi connectivity index (χ0v) is 12.7. The van der Waals surface area contributed by atoms with Crippen molar-refractivity contribution in [2.24, 2.45) is 0 Å². The molecule has 0 saturated heterocycles. The summed E-state index contributed by atoms with van der Waals surface area (Å²) in [6.07, 6.45) is 4.61. The van der Waals surface area contributed by atoms with Crippen LogP contribution in [0.4, 0.5) is 0 Å². The third kappa shape index (κ3) is 3.64. The number of carbonyl (C=O) groups is 1. The van der Waals surface area contributed by atoms with Gasteiger partial charge >= 0.3 is 0 Å². The Morgan fingerprint density at radius 2 is 2.14 bits per heavy atom. The topological polar surface area (TPSA) is 46.1 Å². The molecule has 1 aromatic carbocycles. The van der Waals surface area contributed by atoms with Gasteiger partial charge in [-0.2, -0.15) is 0 Å². The van der Waals surface area contributed by atoms with Crippen LogP contribution in [0.5, 0.6) is 0 Å². The molecular weight excluding hydrogens is 262 g/mol. The van der Waals surface area contributed by atoms with Crippen molar-refractivity contribution in [3.63, 3.8) is 0 Å². The first-order valence-electron chi connectivity index (χ1n) is 7.72. The van der Waals surface area contributed by atoms with E-state index < -0.39 is 0 Å². The van der Waals surface area contributed by atoms with Gasteiger partial charge in [0.15, 0.2) is 0 Å². The second-order valence-corrected chi connectivity index (χ2v) is 6.21. The standard InChI is InChI=1S/C17H23N3O/c1-12(2)19-17(21)11-20-8-7-14-9-13(3-6-16(14)20)10-18-15-4-5-15/h3,6-9,12,15,18H,4-5,10-11H2,1-2H3,(H,19,21). The molecule has 0 atom stereocenters. The van der Waals surface area contributed by atoms with Crippen molar-refractivity contribution < 1.29 is 4.79 Å². The maximum Gasteiger partial charge on any atom is 0.240 e. The first kappa shape index (κ1) is 14.1. The number of amides is 1. The maximum absolute atomic E-state index is 11.9. The molecule has 0 aliphatic heterocycles. The predicted molar refractivity (Wildman–Crippen MR) is 85.1 cm³/mol. The fourth-order valence-corrected chi connectivity index (χ4v) is 2.57. The Hall–Kier alpha value is -1.81. The van der Waals surface area contributed by atoms with Gasteiger partial charge in [0.05, 0.1) is 0 Å². The number of hydrogen-bond donors (Lipinski definition) is 2. The van der Waals surface area contributed by atoms with Crippen molar-refractivity contribution in [3.8, 4) is 0 Å². The average molecular weight is 285 g/mol. The molecule has 0 radical (unpaired) electrons. The van der Waals surface area contributed by atoms with Crippen LogP contribution in [-0.2, 0) is 17.9 Å². The van der Waals surface area contributed by atoms with Gasteiger partial charge in [-0.1, -0.05) is 6.07 Å². The fraction of sp³-hybridized carbons (Fsp3) is 0.471. The molecule has 1 aliphatic carbocycles. The highest BCUT2D eigenvalue weighted by Gasteiger charge is 2.19. The molecule has 4 heteroatoms. The van der Waals surface area contributed by atoms with Crippen LogP contribution in [0.1, 0.15) is 32.3 Å². The highest BCUT2D eigenvalue weighted by molar-refractivity contribution is 5.83. The molecule has 0 unspecified atom stereocenters. The molecule has 1 fully saturated rings. The van der Waals surface area contributed by atoms with Crippen molar-refractivity contribution >= 4 is 16.8 Å². The molecule has 3 rings (SSSR count). The van der Waals surface area contributed by atoms with Gasteiger partial charge < -0.3 is 15.2 Å². The summed E-state index contributed by atoms with van der Waals surface area (Å²) in [5.41, 5.74) is 2.42. The third-order valence-corrected chi connectivity index (χ3v) is 3.77. The van der Waals surface area contributed by atoms with Gasteiger partial charge in [0.25, 0.3) is 0 Å². The van der Waals surface area contributed by atoms with Crippen molar-refractivity contribution in [2.45, 2.75) is 51.9 Å². The van der Waals surface area contributed by atoms with Gasteiger partial charge in [0.2, 0.25) is 5.91 Å². The summed E-state index contributed by atoms with van der Waals surface area (Å²) in [6, 6.07) is 9.46. The average Bonchev–Trinajstić information content (AvgIpc) is 3.18. The smallest absolute Gasteiger partial charge is 0.240 e. The van der Waals surface area contributed by atoms with Crippen LogP contribution < -0.4 is 10.6 Å². The molecule has 1 aromatic heterocycles. The normalized spacial score (nSPS) is 14.8. The number of nitrogens with zero attached hydrogens (tertiary/aromatic N) is 1. The second kappa shape index (κ2) is 5.90. The SMILES string of the molecule is CC(C)NC(=O)Cn1ccc2cc(CNC3CC3)ccc21. The van der Waals surface area contributed by atoms with Crippen molar-refractivity contribution in [1.29, 1.82) is 0 Å². The summed E-state index contributed by atoms with van der Waals surface area (Å²) in [5.74, 6) is 0.0574. The summed E-state index contributed by atoms with van der Waals surface area (Å²) in [5, 5.41) is 7.65. The lowest BCUT2D eigenvalue weighted by Gasteiger charge is -2.10. The Bertz CT molecular complexity index is 641. The zero-order chi connectivity index (χ0) is 14.8. The second-order valence-electron chi connectivity index (χ2n) is 6.21. The summed E-state index contributed by atoms with van der Waals surface area (Å²) in [6.45, 7) is 5.26. The van der Waals surface area contributed by atoms with Crippen LogP contribution in [0.25, 0.3) is 10.9 Å². The summed E-state index contributed by atoms with van der Waals surface area (Å²) in [4.78, 5) is 11.9. The lowest BCUT2D eigenvalue weighted by molar-refractivity contribution is -0.122. The monoisotopic (exact) mass is 285 g/mol. The van der Waals surface area contributed by atoms with Gasteiger partial charge in [0, 0.05) is 30.3 Å². The number of hydrogen-bond acceptors (Lipinski definition) is 2. The Labute approximate surface area is 125 Å². The van der Waals surface area contributed by atoms with E-state index in [1.165, 1.54) is 23.8 Å². The Morgan fingerprint density at radius 1 is 1.33 bits per heavy atom. The van der Waals surface area contributed by atoms with Gasteiger partial charge in [-0.3, -0.25) is 4.79 Å². The summed E-state index contributed by atoms with van der Waals surface area (Å²) >= 11 is 0. The Balaban J connectivity index is 1.70. The van der Waals surface area contributed by atoms with Crippen molar-refractivity contribution in [3.05, 3.63) is 36.0 Å². The zero-order valence-electron chi connectivity index (χ0n) is 12.7. The first-order chi connectivity index (χ1) is 10.1. The maximum atomic E-state index is 11.9. The lowest BCUT2D eigenvalue weighted by Crippen LogP contribution is -2.32. The van der Waals surface area contributed by atoms with E-state index in [9.17, 15) is 4.79 Å². The number of fused-ring (bicyclic) bond motifs is 1. The number of aromatic nitrogens is 1. The molecule has 1 amide bonds. The summed E-state index contributed by atoms with van der Waals surface area (Å²) < 4.78 is 2.01. The minimum Gasteiger partial charge on any atom is -0.352 e. The minimum absolute atomic E-state index is 0.0574. The largest absolute Gasteiger partial charge is 0.352 e. The minimum atomic E-state index is 0.0574. The van der Waals surface area contributed by atoms with Crippen LogP contribution in [0.2, 0.25) is 0 Å². The Kier molecular flexibility index (Phi) is 3.97. The van der Waals surface area contributed by atoms with E-state index in [2.05, 4.69) is 34.9 Å². The Morgan fingerprint density at radius 3 is 2.86 bits per heavy atom. The molecule has 4 nitrogen and oxygen atoms in total. The van der Waals surface area contributed by atoms with E-state index in [1.807, 2.05) is 24.6 Å². The van der Waals surface area contributed by atoms with Crippen LogP contribution in [0.15, 0.2) is 30.5 Å². The molecule has 0 spiro atoms. The number of benzene rings is 1. The van der Waals surface area contributed by atoms with Gasteiger partial charge in [-0.05, 0) is 55.8 Å². The van der Waals surface area contributed by atoms with E-state index >= 15 is 0 Å². The number of carbonyl (C=O) groups excluding carboxylic acids is 1. The van der Waals surface area contributed by atoms with Gasteiger partial charge in [-0.15, -0.1) is 0 Å². The molecule has 1 saturated carbocycles. The first-order valence-corrected chi connectivity index (χ1v) is 7.72. The van der Waals surface area contributed by atoms with Crippen LogP contribution >= 0.6 is 0 Å².